The van der Waals surface area contributed by atoms with Gasteiger partial charge in [0.1, 0.15) is 5.54 Å². The van der Waals surface area contributed by atoms with Crippen LogP contribution in [0.1, 0.15) is 38.2 Å². The zero-order valence-electron chi connectivity index (χ0n) is 12.4. The van der Waals surface area contributed by atoms with Crippen molar-refractivity contribution in [3.8, 4) is 0 Å². The van der Waals surface area contributed by atoms with Gasteiger partial charge in [0, 0.05) is 11.6 Å². The Bertz CT molecular complexity index is 637. The molecule has 1 aromatic carbocycles. The summed E-state index contributed by atoms with van der Waals surface area (Å²) in [6.45, 7) is 1.64. The zero-order chi connectivity index (χ0) is 15.7. The van der Waals surface area contributed by atoms with E-state index in [-0.39, 0.29) is 11.8 Å². The fourth-order valence-electron chi connectivity index (χ4n) is 3.09. The Balaban J connectivity index is 1.79. The number of carbonyl (C=O) groups excluding carboxylic acids is 3. The van der Waals surface area contributed by atoms with Crippen molar-refractivity contribution in [1.29, 1.82) is 0 Å². The topological polar surface area (TPSA) is 87.3 Å². The average Bonchev–Trinajstić information content (AvgIpc) is 3.09. The zero-order valence-corrected chi connectivity index (χ0v) is 12.4. The number of rotatable bonds is 3. The molecule has 0 bridgehead atoms. The molecule has 6 heteroatoms. The fourth-order valence-corrected chi connectivity index (χ4v) is 3.09. The van der Waals surface area contributed by atoms with Gasteiger partial charge >= 0.3 is 6.03 Å². The van der Waals surface area contributed by atoms with Crippen LogP contribution in [0.2, 0.25) is 0 Å². The Kier molecular flexibility index (Phi) is 3.60. The van der Waals surface area contributed by atoms with Gasteiger partial charge in [-0.15, -0.1) is 0 Å². The molecular formula is C16H19N3O3. The second kappa shape index (κ2) is 5.44. The highest BCUT2D eigenvalue weighted by molar-refractivity contribution is 6.07. The van der Waals surface area contributed by atoms with E-state index < -0.39 is 17.5 Å². The van der Waals surface area contributed by atoms with Crippen molar-refractivity contribution in [3.63, 3.8) is 0 Å². The number of anilines is 1. The molecule has 0 aromatic heterocycles. The molecule has 6 nitrogen and oxygen atoms in total. The number of imide groups is 1. The maximum atomic E-state index is 12.2. The summed E-state index contributed by atoms with van der Waals surface area (Å²) in [7, 11) is 0. The minimum Gasteiger partial charge on any atom is -0.326 e. The standard InChI is InChI=1S/C16H19N3O3/c1-16(14(21)18-15(22)19-16)11-7-4-8-12(9-11)17-13(20)10-5-2-3-6-10/h4,7-10H,2-3,5-6H2,1H3,(H,17,20)(H2,18,19,21,22). The van der Waals surface area contributed by atoms with Crippen LogP contribution in [0.15, 0.2) is 24.3 Å². The molecule has 116 valence electrons. The van der Waals surface area contributed by atoms with Crippen LogP contribution in [0.5, 0.6) is 0 Å². The first-order valence-electron chi connectivity index (χ1n) is 7.54. The molecule has 1 unspecified atom stereocenters. The molecule has 1 saturated carbocycles. The number of urea groups is 1. The van der Waals surface area contributed by atoms with Gasteiger partial charge in [-0.05, 0) is 37.5 Å². The van der Waals surface area contributed by atoms with Gasteiger partial charge in [0.25, 0.3) is 5.91 Å². The number of hydrogen-bond donors (Lipinski definition) is 3. The molecule has 1 aromatic rings. The van der Waals surface area contributed by atoms with Crippen molar-refractivity contribution < 1.29 is 14.4 Å². The van der Waals surface area contributed by atoms with Crippen molar-refractivity contribution >= 4 is 23.5 Å². The lowest BCUT2D eigenvalue weighted by atomic mass is 9.92. The quantitative estimate of drug-likeness (QED) is 0.745. The molecule has 3 N–H and O–H groups in total. The summed E-state index contributed by atoms with van der Waals surface area (Å²) in [5.41, 5.74) is 0.176. The number of carbonyl (C=O) groups is 3. The summed E-state index contributed by atoms with van der Waals surface area (Å²) < 4.78 is 0. The Hall–Kier alpha value is -2.37. The van der Waals surface area contributed by atoms with E-state index in [1.807, 2.05) is 0 Å². The molecule has 1 saturated heterocycles. The van der Waals surface area contributed by atoms with E-state index in [1.54, 1.807) is 31.2 Å². The van der Waals surface area contributed by atoms with Crippen LogP contribution in [0, 0.1) is 5.92 Å². The van der Waals surface area contributed by atoms with Crippen molar-refractivity contribution in [2.45, 2.75) is 38.1 Å². The first-order chi connectivity index (χ1) is 10.5. The first kappa shape index (κ1) is 14.6. The normalized spacial score (nSPS) is 25.0. The van der Waals surface area contributed by atoms with Crippen LogP contribution in [0.25, 0.3) is 0 Å². The third-order valence-electron chi connectivity index (χ3n) is 4.48. The Morgan fingerprint density at radius 2 is 2.00 bits per heavy atom. The minimum absolute atomic E-state index is 0.0275. The third kappa shape index (κ3) is 2.56. The van der Waals surface area contributed by atoms with Crippen molar-refractivity contribution in [3.05, 3.63) is 29.8 Å². The molecule has 4 amide bonds. The molecule has 3 rings (SSSR count). The Morgan fingerprint density at radius 1 is 1.27 bits per heavy atom. The second-order valence-corrected chi connectivity index (χ2v) is 6.08. The summed E-state index contributed by atoms with van der Waals surface area (Å²) in [6.07, 6.45) is 4.06. The predicted octanol–water partition coefficient (Wildman–Crippen LogP) is 1.87. The van der Waals surface area contributed by atoms with Gasteiger partial charge in [-0.1, -0.05) is 25.0 Å². The minimum atomic E-state index is -1.11. The van der Waals surface area contributed by atoms with Gasteiger partial charge in [-0.25, -0.2) is 4.79 Å². The number of nitrogens with one attached hydrogen (secondary N) is 3. The van der Waals surface area contributed by atoms with E-state index in [9.17, 15) is 14.4 Å². The molecule has 1 heterocycles. The molecular weight excluding hydrogens is 282 g/mol. The summed E-state index contributed by atoms with van der Waals surface area (Å²) in [5.74, 6) is -0.287. The SMILES string of the molecule is CC1(c2cccc(NC(=O)C3CCCC3)c2)NC(=O)NC1=O. The van der Waals surface area contributed by atoms with E-state index in [0.717, 1.165) is 25.7 Å². The highest BCUT2D eigenvalue weighted by Gasteiger charge is 2.43. The van der Waals surface area contributed by atoms with Gasteiger partial charge in [-0.2, -0.15) is 0 Å². The highest BCUT2D eigenvalue weighted by Crippen LogP contribution is 2.28. The third-order valence-corrected chi connectivity index (χ3v) is 4.48. The van der Waals surface area contributed by atoms with E-state index in [2.05, 4.69) is 16.0 Å². The van der Waals surface area contributed by atoms with Gasteiger partial charge in [0.05, 0.1) is 0 Å². The van der Waals surface area contributed by atoms with Crippen LogP contribution in [0.3, 0.4) is 0 Å². The van der Waals surface area contributed by atoms with Crippen LogP contribution in [-0.4, -0.2) is 17.8 Å². The van der Waals surface area contributed by atoms with Crippen LogP contribution >= 0.6 is 0 Å². The first-order valence-corrected chi connectivity index (χ1v) is 7.54. The van der Waals surface area contributed by atoms with Gasteiger partial charge in [0.2, 0.25) is 5.91 Å². The lowest BCUT2D eigenvalue weighted by Gasteiger charge is -2.22. The maximum Gasteiger partial charge on any atom is 0.322 e. The lowest BCUT2D eigenvalue weighted by Crippen LogP contribution is -2.40. The van der Waals surface area contributed by atoms with Crippen LogP contribution in [0.4, 0.5) is 10.5 Å². The lowest BCUT2D eigenvalue weighted by molar-refractivity contribution is -0.123. The van der Waals surface area contributed by atoms with Gasteiger partial charge in [-0.3, -0.25) is 14.9 Å². The van der Waals surface area contributed by atoms with Gasteiger partial charge < -0.3 is 10.6 Å². The number of benzene rings is 1. The Morgan fingerprint density at radius 3 is 2.64 bits per heavy atom. The number of amides is 4. The maximum absolute atomic E-state index is 12.2. The van der Waals surface area contributed by atoms with E-state index >= 15 is 0 Å². The molecule has 2 aliphatic rings. The molecule has 2 fully saturated rings. The molecule has 0 spiro atoms. The van der Waals surface area contributed by atoms with Crippen molar-refractivity contribution in [2.75, 3.05) is 5.32 Å². The molecule has 0 radical (unpaired) electrons. The van der Waals surface area contributed by atoms with Crippen molar-refractivity contribution in [1.82, 2.24) is 10.6 Å². The van der Waals surface area contributed by atoms with E-state index in [4.69, 9.17) is 0 Å². The van der Waals surface area contributed by atoms with Gasteiger partial charge in [0.15, 0.2) is 0 Å². The second-order valence-electron chi connectivity index (χ2n) is 6.08. The fraction of sp³-hybridized carbons (Fsp3) is 0.438. The summed E-state index contributed by atoms with van der Waals surface area (Å²) >= 11 is 0. The Labute approximate surface area is 128 Å². The van der Waals surface area contributed by atoms with Crippen molar-refractivity contribution in [2.24, 2.45) is 5.92 Å². The highest BCUT2D eigenvalue weighted by atomic mass is 16.2. The van der Waals surface area contributed by atoms with Crippen LogP contribution < -0.4 is 16.0 Å². The molecule has 1 aliphatic carbocycles. The smallest absolute Gasteiger partial charge is 0.322 e. The molecule has 1 atom stereocenters. The molecule has 22 heavy (non-hydrogen) atoms. The summed E-state index contributed by atoms with van der Waals surface area (Å²) in [4.78, 5) is 35.5. The van der Waals surface area contributed by atoms with E-state index in [0.29, 0.717) is 11.3 Å². The molecule has 1 aliphatic heterocycles. The summed E-state index contributed by atoms with van der Waals surface area (Å²) in [6, 6.07) is 6.54. The largest absolute Gasteiger partial charge is 0.326 e. The predicted molar refractivity (Wildman–Crippen MR) is 81.1 cm³/mol. The monoisotopic (exact) mass is 301 g/mol. The van der Waals surface area contributed by atoms with E-state index in [1.165, 1.54) is 0 Å². The summed E-state index contributed by atoms with van der Waals surface area (Å²) in [5, 5.41) is 7.76. The average molecular weight is 301 g/mol. The van der Waals surface area contributed by atoms with Crippen LogP contribution in [-0.2, 0) is 15.1 Å². The number of hydrogen-bond acceptors (Lipinski definition) is 3.